The van der Waals surface area contributed by atoms with E-state index in [1.807, 2.05) is 43.5 Å². The summed E-state index contributed by atoms with van der Waals surface area (Å²) in [4.78, 5) is 30.1. The van der Waals surface area contributed by atoms with Gasteiger partial charge in [-0.2, -0.15) is 0 Å². The number of hydrogen-bond acceptors (Lipinski definition) is 4. The lowest BCUT2D eigenvalue weighted by molar-refractivity contribution is -0.152. The van der Waals surface area contributed by atoms with Crippen LogP contribution in [0, 0.1) is 12.8 Å². The summed E-state index contributed by atoms with van der Waals surface area (Å²) in [6, 6.07) is 7.40. The van der Waals surface area contributed by atoms with Crippen LogP contribution < -0.4 is 0 Å². The van der Waals surface area contributed by atoms with E-state index in [-0.39, 0.29) is 12.3 Å². The van der Waals surface area contributed by atoms with Gasteiger partial charge in [0, 0.05) is 17.5 Å². The van der Waals surface area contributed by atoms with Crippen LogP contribution in [-0.2, 0) is 16.0 Å². The standard InChI is InChI=1S/C19H22N2O3S/c1-12-3-5-14(6-4-12)18-20-15(11-25-18)10-17(22)21-8-7-13(2)9-16(21)19(23)24/h3-6,11,13,16H,7-10H2,1-2H3,(H,23,24). The Kier molecular flexibility index (Phi) is 5.18. The lowest BCUT2D eigenvalue weighted by atomic mass is 9.92. The van der Waals surface area contributed by atoms with Crippen LogP contribution in [0.25, 0.3) is 10.6 Å². The number of carbonyl (C=O) groups is 2. The van der Waals surface area contributed by atoms with Crippen molar-refractivity contribution in [1.82, 2.24) is 9.88 Å². The number of aliphatic carboxylic acids is 1. The molecule has 132 valence electrons. The summed E-state index contributed by atoms with van der Waals surface area (Å²) in [5.41, 5.74) is 2.92. The normalized spacial score (nSPS) is 20.5. The van der Waals surface area contributed by atoms with Crippen LogP contribution in [-0.4, -0.2) is 39.5 Å². The summed E-state index contributed by atoms with van der Waals surface area (Å²) < 4.78 is 0. The molecule has 1 aromatic carbocycles. The van der Waals surface area contributed by atoms with Gasteiger partial charge in [0.2, 0.25) is 5.91 Å². The first-order chi connectivity index (χ1) is 11.9. The molecule has 0 radical (unpaired) electrons. The molecule has 1 aliphatic rings. The first-order valence-electron chi connectivity index (χ1n) is 8.47. The highest BCUT2D eigenvalue weighted by Gasteiger charge is 2.34. The summed E-state index contributed by atoms with van der Waals surface area (Å²) >= 11 is 1.51. The summed E-state index contributed by atoms with van der Waals surface area (Å²) in [5.74, 6) is -0.740. The molecule has 2 heterocycles. The van der Waals surface area contributed by atoms with E-state index in [0.29, 0.717) is 24.6 Å². The number of aryl methyl sites for hydroxylation is 1. The molecule has 1 N–H and O–H groups in total. The highest BCUT2D eigenvalue weighted by atomic mass is 32.1. The highest BCUT2D eigenvalue weighted by molar-refractivity contribution is 7.13. The van der Waals surface area contributed by atoms with Gasteiger partial charge in [0.25, 0.3) is 0 Å². The zero-order valence-electron chi connectivity index (χ0n) is 14.4. The number of nitrogens with zero attached hydrogens (tertiary/aromatic N) is 2. The van der Waals surface area contributed by atoms with Crippen LogP contribution in [0.4, 0.5) is 0 Å². The molecule has 6 heteroatoms. The number of carboxylic acids is 1. The Balaban J connectivity index is 1.70. The van der Waals surface area contributed by atoms with Crippen molar-refractivity contribution in [2.75, 3.05) is 6.54 Å². The number of likely N-dealkylation sites (tertiary alicyclic amines) is 1. The molecule has 1 fully saturated rings. The average molecular weight is 358 g/mol. The Bertz CT molecular complexity index is 769. The van der Waals surface area contributed by atoms with Gasteiger partial charge in [-0.25, -0.2) is 9.78 Å². The average Bonchev–Trinajstić information content (AvgIpc) is 3.03. The van der Waals surface area contributed by atoms with E-state index in [0.717, 1.165) is 17.0 Å². The molecule has 2 aromatic rings. The van der Waals surface area contributed by atoms with E-state index in [4.69, 9.17) is 0 Å². The maximum absolute atomic E-state index is 12.6. The third kappa shape index (κ3) is 4.07. The van der Waals surface area contributed by atoms with Crippen molar-refractivity contribution in [3.05, 3.63) is 40.9 Å². The second-order valence-corrected chi connectivity index (χ2v) is 7.62. The van der Waals surface area contributed by atoms with Gasteiger partial charge in [0.15, 0.2) is 0 Å². The zero-order chi connectivity index (χ0) is 18.0. The molecule has 0 bridgehead atoms. The lowest BCUT2D eigenvalue weighted by Crippen LogP contribution is -2.50. The molecule has 5 nitrogen and oxygen atoms in total. The quantitative estimate of drug-likeness (QED) is 0.910. The Hall–Kier alpha value is -2.21. The number of carboxylic acid groups (broad SMARTS) is 1. The van der Waals surface area contributed by atoms with Crippen LogP contribution in [0.1, 0.15) is 31.0 Å². The maximum atomic E-state index is 12.6. The SMILES string of the molecule is Cc1ccc(-c2nc(CC(=O)N3CCC(C)CC3C(=O)O)cs2)cc1. The monoisotopic (exact) mass is 358 g/mol. The van der Waals surface area contributed by atoms with Crippen LogP contribution in [0.3, 0.4) is 0 Å². The fraction of sp³-hybridized carbons (Fsp3) is 0.421. The van der Waals surface area contributed by atoms with Crippen LogP contribution in [0.5, 0.6) is 0 Å². The zero-order valence-corrected chi connectivity index (χ0v) is 15.3. The lowest BCUT2D eigenvalue weighted by Gasteiger charge is -2.35. The highest BCUT2D eigenvalue weighted by Crippen LogP contribution is 2.26. The second-order valence-electron chi connectivity index (χ2n) is 6.76. The molecule has 0 saturated carbocycles. The van der Waals surface area contributed by atoms with Crippen molar-refractivity contribution in [3.8, 4) is 10.6 Å². The van der Waals surface area contributed by atoms with Crippen molar-refractivity contribution in [2.45, 2.75) is 39.2 Å². The minimum absolute atomic E-state index is 0.153. The Morgan fingerprint density at radius 2 is 2.04 bits per heavy atom. The predicted octanol–water partition coefficient (Wildman–Crippen LogP) is 3.37. The Morgan fingerprint density at radius 3 is 2.72 bits per heavy atom. The topological polar surface area (TPSA) is 70.5 Å². The van der Waals surface area contributed by atoms with Crippen LogP contribution >= 0.6 is 11.3 Å². The number of rotatable bonds is 4. The number of thiazole rings is 1. The molecule has 3 rings (SSSR count). The predicted molar refractivity (Wildman–Crippen MR) is 97.5 cm³/mol. The van der Waals surface area contributed by atoms with Crippen molar-refractivity contribution in [2.24, 2.45) is 5.92 Å². The number of carbonyl (C=O) groups excluding carboxylic acids is 1. The van der Waals surface area contributed by atoms with E-state index < -0.39 is 12.0 Å². The summed E-state index contributed by atoms with van der Waals surface area (Å²) in [5, 5.41) is 12.2. The number of aromatic nitrogens is 1. The van der Waals surface area contributed by atoms with E-state index in [9.17, 15) is 14.7 Å². The number of hydrogen-bond donors (Lipinski definition) is 1. The molecule has 2 unspecified atom stereocenters. The van der Waals surface area contributed by atoms with Gasteiger partial charge >= 0.3 is 5.97 Å². The fourth-order valence-electron chi connectivity index (χ4n) is 3.15. The third-order valence-electron chi connectivity index (χ3n) is 4.65. The van der Waals surface area contributed by atoms with E-state index in [2.05, 4.69) is 4.98 Å². The minimum Gasteiger partial charge on any atom is -0.480 e. The third-order valence-corrected chi connectivity index (χ3v) is 5.59. The van der Waals surface area contributed by atoms with Crippen LogP contribution in [0.2, 0.25) is 0 Å². The van der Waals surface area contributed by atoms with Gasteiger partial charge in [-0.15, -0.1) is 11.3 Å². The van der Waals surface area contributed by atoms with E-state index in [1.165, 1.54) is 21.8 Å². The van der Waals surface area contributed by atoms with Gasteiger partial charge in [-0.05, 0) is 25.7 Å². The number of benzene rings is 1. The molecule has 1 amide bonds. The minimum atomic E-state index is -0.918. The van der Waals surface area contributed by atoms with Crippen molar-refractivity contribution < 1.29 is 14.7 Å². The first-order valence-corrected chi connectivity index (χ1v) is 9.35. The molecule has 25 heavy (non-hydrogen) atoms. The molecule has 1 aliphatic heterocycles. The molecule has 1 aromatic heterocycles. The molecule has 0 spiro atoms. The molecule has 1 saturated heterocycles. The Morgan fingerprint density at radius 1 is 1.32 bits per heavy atom. The second kappa shape index (κ2) is 7.35. The Labute approximate surface area is 151 Å². The molecular formula is C19H22N2O3S. The fourth-order valence-corrected chi connectivity index (χ4v) is 3.97. The summed E-state index contributed by atoms with van der Waals surface area (Å²) in [6.07, 6.45) is 1.52. The maximum Gasteiger partial charge on any atom is 0.326 e. The van der Waals surface area contributed by atoms with E-state index >= 15 is 0 Å². The van der Waals surface area contributed by atoms with Crippen molar-refractivity contribution in [1.29, 1.82) is 0 Å². The molecular weight excluding hydrogens is 336 g/mol. The van der Waals surface area contributed by atoms with Crippen LogP contribution in [0.15, 0.2) is 29.6 Å². The van der Waals surface area contributed by atoms with Gasteiger partial charge < -0.3 is 10.0 Å². The smallest absolute Gasteiger partial charge is 0.326 e. The number of piperidine rings is 1. The first kappa shape index (κ1) is 17.6. The van der Waals surface area contributed by atoms with Gasteiger partial charge in [-0.1, -0.05) is 36.8 Å². The van der Waals surface area contributed by atoms with Crippen molar-refractivity contribution >= 4 is 23.2 Å². The van der Waals surface area contributed by atoms with Crippen molar-refractivity contribution in [3.63, 3.8) is 0 Å². The largest absolute Gasteiger partial charge is 0.480 e. The van der Waals surface area contributed by atoms with Gasteiger partial charge in [0.1, 0.15) is 11.0 Å². The molecule has 2 atom stereocenters. The summed E-state index contributed by atoms with van der Waals surface area (Å²) in [7, 11) is 0. The number of amides is 1. The summed E-state index contributed by atoms with van der Waals surface area (Å²) in [6.45, 7) is 4.58. The van der Waals surface area contributed by atoms with Gasteiger partial charge in [0.05, 0.1) is 12.1 Å². The molecule has 0 aliphatic carbocycles. The van der Waals surface area contributed by atoms with E-state index in [1.54, 1.807) is 0 Å². The van der Waals surface area contributed by atoms with Gasteiger partial charge in [-0.3, -0.25) is 4.79 Å².